The third-order valence-corrected chi connectivity index (χ3v) is 5.06. The summed E-state index contributed by atoms with van der Waals surface area (Å²) in [6.07, 6.45) is 0.718. The van der Waals surface area contributed by atoms with Crippen molar-refractivity contribution in [3.05, 3.63) is 24.3 Å². The molecule has 0 amide bonds. The van der Waals surface area contributed by atoms with Crippen LogP contribution < -0.4 is 4.74 Å². The summed E-state index contributed by atoms with van der Waals surface area (Å²) in [5, 5.41) is 0. The number of sulfonamides is 1. The van der Waals surface area contributed by atoms with Gasteiger partial charge < -0.3 is 9.47 Å². The van der Waals surface area contributed by atoms with Crippen molar-refractivity contribution in [2.45, 2.75) is 11.3 Å². The number of hydrogen-bond donors (Lipinski definition) is 0. The van der Waals surface area contributed by atoms with Gasteiger partial charge in [0.2, 0.25) is 10.0 Å². The van der Waals surface area contributed by atoms with E-state index >= 15 is 0 Å². The molecule has 0 bridgehead atoms. The molecular weight excluding hydrogens is 302 g/mol. The van der Waals surface area contributed by atoms with Crippen LogP contribution in [0, 0.1) is 0 Å². The maximum Gasteiger partial charge on any atom is 0.243 e. The number of nitrogens with zero attached hydrogens (tertiary/aromatic N) is 1. The molecule has 112 valence electrons. The Hall–Kier alpha value is -0.820. The van der Waals surface area contributed by atoms with Gasteiger partial charge in [-0.05, 0) is 30.7 Å². The number of ether oxygens (including phenoxy) is 2. The highest BCUT2D eigenvalue weighted by atomic mass is 35.5. The largest absolute Gasteiger partial charge is 0.492 e. The van der Waals surface area contributed by atoms with Crippen molar-refractivity contribution in [3.63, 3.8) is 0 Å². The molecule has 0 radical (unpaired) electrons. The van der Waals surface area contributed by atoms with E-state index in [1.807, 2.05) is 0 Å². The first-order valence-corrected chi connectivity index (χ1v) is 8.49. The summed E-state index contributed by atoms with van der Waals surface area (Å²) in [7, 11) is -3.45. The molecule has 2 rings (SSSR count). The van der Waals surface area contributed by atoms with Crippen LogP contribution >= 0.6 is 11.6 Å². The Morgan fingerprint density at radius 1 is 1.20 bits per heavy atom. The van der Waals surface area contributed by atoms with E-state index in [0.29, 0.717) is 44.5 Å². The average molecular weight is 320 g/mol. The molecule has 20 heavy (non-hydrogen) atoms. The fourth-order valence-corrected chi connectivity index (χ4v) is 3.52. The number of alkyl halides is 1. The maximum atomic E-state index is 12.5. The van der Waals surface area contributed by atoms with Crippen molar-refractivity contribution in [2.75, 3.05) is 38.8 Å². The predicted octanol–water partition coefficient (Wildman–Crippen LogP) is 1.72. The Bertz CT molecular complexity index is 510. The highest BCUT2D eigenvalue weighted by Crippen LogP contribution is 2.20. The molecule has 0 aliphatic carbocycles. The Morgan fingerprint density at radius 3 is 2.65 bits per heavy atom. The summed E-state index contributed by atoms with van der Waals surface area (Å²) in [6, 6.07) is 6.41. The smallest absolute Gasteiger partial charge is 0.243 e. The first kappa shape index (κ1) is 15.6. The average Bonchev–Trinajstić information content (AvgIpc) is 2.75. The SMILES string of the molecule is O=S(=O)(c1ccc(OCCCl)cc1)N1CCCOCC1. The predicted molar refractivity (Wildman–Crippen MR) is 76.9 cm³/mol. The van der Waals surface area contributed by atoms with Crippen molar-refractivity contribution in [1.82, 2.24) is 4.31 Å². The van der Waals surface area contributed by atoms with E-state index in [2.05, 4.69) is 0 Å². The molecule has 0 N–H and O–H groups in total. The van der Waals surface area contributed by atoms with Crippen LogP contribution in [0.3, 0.4) is 0 Å². The van der Waals surface area contributed by atoms with Crippen molar-refractivity contribution in [2.24, 2.45) is 0 Å². The van der Waals surface area contributed by atoms with Crippen molar-refractivity contribution in [3.8, 4) is 5.75 Å². The summed E-state index contributed by atoms with van der Waals surface area (Å²) >= 11 is 5.53. The second-order valence-electron chi connectivity index (χ2n) is 4.38. The number of rotatable bonds is 5. The topological polar surface area (TPSA) is 55.8 Å². The molecule has 1 aromatic rings. The van der Waals surface area contributed by atoms with E-state index in [9.17, 15) is 8.42 Å². The van der Waals surface area contributed by atoms with E-state index in [0.717, 1.165) is 6.42 Å². The third kappa shape index (κ3) is 3.85. The van der Waals surface area contributed by atoms with E-state index in [-0.39, 0.29) is 4.90 Å². The molecule has 0 atom stereocenters. The molecule has 1 aliphatic heterocycles. The first-order chi connectivity index (χ1) is 9.64. The van der Waals surface area contributed by atoms with Crippen LogP contribution in [-0.4, -0.2) is 51.5 Å². The fraction of sp³-hybridized carbons (Fsp3) is 0.538. The lowest BCUT2D eigenvalue weighted by Gasteiger charge is -2.19. The summed E-state index contributed by atoms with van der Waals surface area (Å²) < 4.78 is 37.0. The van der Waals surface area contributed by atoms with E-state index < -0.39 is 10.0 Å². The van der Waals surface area contributed by atoms with E-state index in [1.54, 1.807) is 24.3 Å². The van der Waals surface area contributed by atoms with Crippen LogP contribution in [0.4, 0.5) is 0 Å². The van der Waals surface area contributed by atoms with E-state index in [1.165, 1.54) is 4.31 Å². The first-order valence-electron chi connectivity index (χ1n) is 6.51. The summed E-state index contributed by atoms with van der Waals surface area (Å²) in [5.74, 6) is 1.01. The Morgan fingerprint density at radius 2 is 1.95 bits per heavy atom. The van der Waals surface area contributed by atoms with Gasteiger partial charge in [0.1, 0.15) is 12.4 Å². The molecule has 1 heterocycles. The second-order valence-corrected chi connectivity index (χ2v) is 6.69. The zero-order valence-corrected chi connectivity index (χ0v) is 12.7. The molecule has 1 aromatic carbocycles. The molecule has 0 unspecified atom stereocenters. The summed E-state index contributed by atoms with van der Waals surface area (Å²) in [5.41, 5.74) is 0. The summed E-state index contributed by atoms with van der Waals surface area (Å²) in [6.45, 7) is 2.34. The zero-order valence-electron chi connectivity index (χ0n) is 11.1. The lowest BCUT2D eigenvalue weighted by Crippen LogP contribution is -2.33. The van der Waals surface area contributed by atoms with E-state index in [4.69, 9.17) is 21.1 Å². The second kappa shape index (κ2) is 7.26. The van der Waals surface area contributed by atoms with Gasteiger partial charge in [0.05, 0.1) is 17.4 Å². The molecule has 0 spiro atoms. The molecule has 1 saturated heterocycles. The van der Waals surface area contributed by atoms with Gasteiger partial charge >= 0.3 is 0 Å². The number of hydrogen-bond acceptors (Lipinski definition) is 4. The molecule has 0 aromatic heterocycles. The quantitative estimate of drug-likeness (QED) is 0.775. The minimum Gasteiger partial charge on any atom is -0.492 e. The zero-order chi connectivity index (χ0) is 14.4. The lowest BCUT2D eigenvalue weighted by atomic mass is 10.3. The highest BCUT2D eigenvalue weighted by Gasteiger charge is 2.25. The van der Waals surface area contributed by atoms with Crippen LogP contribution in [-0.2, 0) is 14.8 Å². The Labute approximate surface area is 124 Å². The van der Waals surface area contributed by atoms with Crippen LogP contribution in [0.1, 0.15) is 6.42 Å². The van der Waals surface area contributed by atoms with Crippen LogP contribution in [0.25, 0.3) is 0 Å². The van der Waals surface area contributed by atoms with Crippen LogP contribution in [0.15, 0.2) is 29.2 Å². The Kier molecular flexibility index (Phi) is 5.65. The standard InChI is InChI=1S/C13H18ClNO4S/c14-6-10-19-12-2-4-13(5-3-12)20(16,17)15-7-1-9-18-11-8-15/h2-5H,1,6-11H2. The molecule has 5 nitrogen and oxygen atoms in total. The monoisotopic (exact) mass is 319 g/mol. The number of halogens is 1. The highest BCUT2D eigenvalue weighted by molar-refractivity contribution is 7.89. The molecule has 1 aliphatic rings. The number of benzene rings is 1. The third-order valence-electron chi connectivity index (χ3n) is 2.99. The van der Waals surface area contributed by atoms with Crippen molar-refractivity contribution in [1.29, 1.82) is 0 Å². The van der Waals surface area contributed by atoms with Gasteiger partial charge in [0.25, 0.3) is 0 Å². The summed E-state index contributed by atoms with van der Waals surface area (Å²) in [4.78, 5) is 0.276. The molecule has 7 heteroatoms. The van der Waals surface area contributed by atoms with Gasteiger partial charge in [-0.1, -0.05) is 0 Å². The van der Waals surface area contributed by atoms with Gasteiger partial charge in [-0.2, -0.15) is 4.31 Å². The van der Waals surface area contributed by atoms with Crippen molar-refractivity contribution >= 4 is 21.6 Å². The van der Waals surface area contributed by atoms with Gasteiger partial charge in [-0.25, -0.2) is 8.42 Å². The van der Waals surface area contributed by atoms with Gasteiger partial charge in [0.15, 0.2) is 0 Å². The van der Waals surface area contributed by atoms with Gasteiger partial charge in [0, 0.05) is 19.7 Å². The molecule has 1 fully saturated rings. The normalized spacial score (nSPS) is 17.6. The minimum atomic E-state index is -3.45. The lowest BCUT2D eigenvalue weighted by molar-refractivity contribution is 0.148. The van der Waals surface area contributed by atoms with Crippen LogP contribution in [0.5, 0.6) is 5.75 Å². The van der Waals surface area contributed by atoms with Gasteiger partial charge in [-0.3, -0.25) is 0 Å². The van der Waals surface area contributed by atoms with Crippen LogP contribution in [0.2, 0.25) is 0 Å². The maximum absolute atomic E-state index is 12.5. The molecular formula is C13H18ClNO4S. The minimum absolute atomic E-state index is 0.276. The van der Waals surface area contributed by atoms with Crippen molar-refractivity contribution < 1.29 is 17.9 Å². The Balaban J connectivity index is 2.12. The van der Waals surface area contributed by atoms with Gasteiger partial charge in [-0.15, -0.1) is 11.6 Å². The molecule has 0 saturated carbocycles. The fourth-order valence-electron chi connectivity index (χ4n) is 1.98.